The maximum absolute atomic E-state index is 12.1. The summed E-state index contributed by atoms with van der Waals surface area (Å²) in [6, 6.07) is 0. The first-order valence-electron chi connectivity index (χ1n) is 8.03. The molecule has 1 aromatic heterocycles. The van der Waals surface area contributed by atoms with Gasteiger partial charge in [0.2, 0.25) is 5.91 Å². The second-order valence-electron chi connectivity index (χ2n) is 5.98. The first kappa shape index (κ1) is 16.0. The Bertz CT molecular complexity index is 454. The summed E-state index contributed by atoms with van der Waals surface area (Å²) in [5, 5.41) is 17.3. The van der Waals surface area contributed by atoms with Crippen LogP contribution in [0.5, 0.6) is 0 Å². The van der Waals surface area contributed by atoms with Crippen LogP contribution in [0.4, 0.5) is 0 Å². The molecule has 0 aliphatic heterocycles. The van der Waals surface area contributed by atoms with Gasteiger partial charge in [-0.15, -0.1) is 0 Å². The van der Waals surface area contributed by atoms with Crippen molar-refractivity contribution in [2.24, 2.45) is 0 Å². The van der Waals surface area contributed by atoms with Gasteiger partial charge < -0.3 is 14.9 Å². The second kappa shape index (κ2) is 7.07. The standard InChI is InChI=1S/C16H26N2O3/c1-3-13-12(14(4-2)21-18-13)10-15(19)17-11-16(20)8-6-5-7-9-16/h20H,3-11H2,1-2H3,(H,17,19). The third kappa shape index (κ3) is 4.06. The van der Waals surface area contributed by atoms with E-state index in [9.17, 15) is 9.90 Å². The Morgan fingerprint density at radius 1 is 1.29 bits per heavy atom. The maximum atomic E-state index is 12.1. The van der Waals surface area contributed by atoms with Gasteiger partial charge in [0, 0.05) is 18.5 Å². The summed E-state index contributed by atoms with van der Waals surface area (Å²) in [4.78, 5) is 12.1. The molecule has 1 heterocycles. The maximum Gasteiger partial charge on any atom is 0.224 e. The van der Waals surface area contributed by atoms with E-state index in [1.54, 1.807) is 0 Å². The van der Waals surface area contributed by atoms with Crippen molar-refractivity contribution in [1.82, 2.24) is 10.5 Å². The number of nitrogens with zero attached hydrogens (tertiary/aromatic N) is 1. The molecule has 5 nitrogen and oxygen atoms in total. The van der Waals surface area contributed by atoms with Gasteiger partial charge in [-0.1, -0.05) is 38.3 Å². The van der Waals surface area contributed by atoms with Crippen molar-refractivity contribution in [3.05, 3.63) is 17.0 Å². The third-order valence-electron chi connectivity index (χ3n) is 4.34. The molecule has 21 heavy (non-hydrogen) atoms. The van der Waals surface area contributed by atoms with Gasteiger partial charge in [0.25, 0.3) is 0 Å². The molecule has 1 saturated carbocycles. The van der Waals surface area contributed by atoms with Gasteiger partial charge in [-0.2, -0.15) is 0 Å². The molecule has 0 bridgehead atoms. The summed E-state index contributed by atoms with van der Waals surface area (Å²) in [6.45, 7) is 4.34. The van der Waals surface area contributed by atoms with Crippen LogP contribution in [0.25, 0.3) is 0 Å². The number of hydrogen-bond acceptors (Lipinski definition) is 4. The average molecular weight is 294 g/mol. The van der Waals surface area contributed by atoms with Gasteiger partial charge in [0.05, 0.1) is 17.7 Å². The van der Waals surface area contributed by atoms with Crippen LogP contribution in [0.2, 0.25) is 0 Å². The Kier molecular flexibility index (Phi) is 5.39. The van der Waals surface area contributed by atoms with E-state index in [-0.39, 0.29) is 12.3 Å². The first-order valence-corrected chi connectivity index (χ1v) is 8.03. The first-order chi connectivity index (χ1) is 10.1. The molecule has 5 heteroatoms. The summed E-state index contributed by atoms with van der Waals surface area (Å²) >= 11 is 0. The molecule has 0 spiro atoms. The predicted molar refractivity (Wildman–Crippen MR) is 80.0 cm³/mol. The zero-order valence-corrected chi connectivity index (χ0v) is 13.1. The van der Waals surface area contributed by atoms with Gasteiger partial charge in [-0.25, -0.2) is 0 Å². The van der Waals surface area contributed by atoms with Gasteiger partial charge in [-0.3, -0.25) is 4.79 Å². The lowest BCUT2D eigenvalue weighted by Crippen LogP contribution is -2.44. The Hall–Kier alpha value is -1.36. The van der Waals surface area contributed by atoms with Gasteiger partial charge in [0.15, 0.2) is 0 Å². The van der Waals surface area contributed by atoms with Crippen LogP contribution in [0.15, 0.2) is 4.52 Å². The van der Waals surface area contributed by atoms with Crippen molar-refractivity contribution in [3.8, 4) is 0 Å². The lowest BCUT2D eigenvalue weighted by atomic mass is 9.85. The molecular weight excluding hydrogens is 268 g/mol. The summed E-state index contributed by atoms with van der Waals surface area (Å²) in [5.41, 5.74) is 1.05. The van der Waals surface area contributed by atoms with Gasteiger partial charge in [0.1, 0.15) is 5.76 Å². The number of aromatic nitrogens is 1. The van der Waals surface area contributed by atoms with Crippen molar-refractivity contribution in [2.45, 2.75) is 70.8 Å². The minimum Gasteiger partial charge on any atom is -0.388 e. The van der Waals surface area contributed by atoms with Crippen LogP contribution < -0.4 is 5.32 Å². The van der Waals surface area contributed by atoms with Crippen molar-refractivity contribution in [3.63, 3.8) is 0 Å². The molecule has 1 amide bonds. The van der Waals surface area contributed by atoms with Crippen LogP contribution in [0.1, 0.15) is 63.0 Å². The topological polar surface area (TPSA) is 75.4 Å². The molecule has 1 aliphatic rings. The normalized spacial score (nSPS) is 17.7. The van der Waals surface area contributed by atoms with Crippen molar-refractivity contribution in [1.29, 1.82) is 0 Å². The van der Waals surface area contributed by atoms with Crippen LogP contribution in [-0.4, -0.2) is 28.3 Å². The molecule has 1 aliphatic carbocycles. The molecular formula is C16H26N2O3. The number of carbonyl (C=O) groups excluding carboxylic acids is 1. The highest BCUT2D eigenvalue weighted by Gasteiger charge is 2.29. The van der Waals surface area contributed by atoms with E-state index in [0.29, 0.717) is 6.54 Å². The fourth-order valence-corrected chi connectivity index (χ4v) is 3.01. The summed E-state index contributed by atoms with van der Waals surface area (Å²) in [7, 11) is 0. The second-order valence-corrected chi connectivity index (χ2v) is 5.98. The Labute approximate surface area is 126 Å². The molecule has 118 valence electrons. The average Bonchev–Trinajstić information content (AvgIpc) is 2.88. The van der Waals surface area contributed by atoms with Crippen LogP contribution in [-0.2, 0) is 24.1 Å². The van der Waals surface area contributed by atoms with Crippen LogP contribution in [0, 0.1) is 0 Å². The molecule has 2 N–H and O–H groups in total. The molecule has 0 atom stereocenters. The third-order valence-corrected chi connectivity index (χ3v) is 4.34. The minimum absolute atomic E-state index is 0.0680. The highest BCUT2D eigenvalue weighted by atomic mass is 16.5. The Morgan fingerprint density at radius 2 is 2.00 bits per heavy atom. The number of aliphatic hydroxyl groups is 1. The number of nitrogens with one attached hydrogen (secondary N) is 1. The SMILES string of the molecule is CCc1noc(CC)c1CC(=O)NCC1(O)CCCCC1. The highest BCUT2D eigenvalue weighted by Crippen LogP contribution is 2.27. The quantitative estimate of drug-likeness (QED) is 0.843. The van der Waals surface area contributed by atoms with E-state index in [0.717, 1.165) is 55.5 Å². The Morgan fingerprint density at radius 3 is 2.62 bits per heavy atom. The van der Waals surface area contributed by atoms with Gasteiger partial charge in [-0.05, 0) is 19.3 Å². The van der Waals surface area contributed by atoms with Crippen molar-refractivity contribution < 1.29 is 14.4 Å². The van der Waals surface area contributed by atoms with Gasteiger partial charge >= 0.3 is 0 Å². The summed E-state index contributed by atoms with van der Waals surface area (Å²) < 4.78 is 5.27. The van der Waals surface area contributed by atoms with E-state index in [2.05, 4.69) is 10.5 Å². The largest absolute Gasteiger partial charge is 0.388 e. The zero-order chi connectivity index (χ0) is 15.3. The van der Waals surface area contributed by atoms with E-state index in [1.165, 1.54) is 6.42 Å². The molecule has 1 aromatic rings. The number of carbonyl (C=O) groups is 1. The monoisotopic (exact) mass is 294 g/mol. The van der Waals surface area contributed by atoms with Crippen LogP contribution >= 0.6 is 0 Å². The number of rotatable bonds is 6. The Balaban J connectivity index is 1.91. The summed E-state index contributed by atoms with van der Waals surface area (Å²) in [5.74, 6) is 0.722. The van der Waals surface area contributed by atoms with E-state index in [4.69, 9.17) is 4.52 Å². The lowest BCUT2D eigenvalue weighted by Gasteiger charge is -2.32. The molecule has 2 rings (SSSR count). The van der Waals surface area contributed by atoms with E-state index in [1.807, 2.05) is 13.8 Å². The number of amides is 1. The molecule has 0 saturated heterocycles. The molecule has 0 unspecified atom stereocenters. The minimum atomic E-state index is -0.719. The smallest absolute Gasteiger partial charge is 0.224 e. The zero-order valence-electron chi connectivity index (χ0n) is 13.1. The van der Waals surface area contributed by atoms with Crippen molar-refractivity contribution in [2.75, 3.05) is 6.54 Å². The molecule has 0 radical (unpaired) electrons. The van der Waals surface area contributed by atoms with Crippen molar-refractivity contribution >= 4 is 5.91 Å². The lowest BCUT2D eigenvalue weighted by molar-refractivity contribution is -0.122. The fourth-order valence-electron chi connectivity index (χ4n) is 3.01. The van der Waals surface area contributed by atoms with E-state index >= 15 is 0 Å². The highest BCUT2D eigenvalue weighted by molar-refractivity contribution is 5.79. The fraction of sp³-hybridized carbons (Fsp3) is 0.750. The number of aryl methyl sites for hydroxylation is 2. The number of hydrogen-bond donors (Lipinski definition) is 2. The van der Waals surface area contributed by atoms with Crippen LogP contribution in [0.3, 0.4) is 0 Å². The molecule has 0 aromatic carbocycles. The summed E-state index contributed by atoms with van der Waals surface area (Å²) in [6.07, 6.45) is 6.59. The molecule has 1 fully saturated rings. The van der Waals surface area contributed by atoms with E-state index < -0.39 is 5.60 Å². The predicted octanol–water partition coefficient (Wildman–Crippen LogP) is 2.15.